The van der Waals surface area contributed by atoms with Crippen molar-refractivity contribution in [3.8, 4) is 0 Å². The maximum atomic E-state index is 12.1. The van der Waals surface area contributed by atoms with Crippen LogP contribution in [0.3, 0.4) is 0 Å². The van der Waals surface area contributed by atoms with Gasteiger partial charge in [-0.3, -0.25) is 0 Å². The molecule has 1 aliphatic heterocycles. The van der Waals surface area contributed by atoms with E-state index in [-0.39, 0.29) is 11.5 Å². The third kappa shape index (κ3) is 6.68. The summed E-state index contributed by atoms with van der Waals surface area (Å²) in [7, 11) is 0. The van der Waals surface area contributed by atoms with Crippen molar-refractivity contribution in [2.45, 2.75) is 73.0 Å². The van der Waals surface area contributed by atoms with Crippen LogP contribution in [-0.4, -0.2) is 42.3 Å². The van der Waals surface area contributed by atoms with Crippen molar-refractivity contribution in [1.29, 1.82) is 0 Å². The van der Waals surface area contributed by atoms with Crippen LogP contribution in [0.25, 0.3) is 0 Å². The summed E-state index contributed by atoms with van der Waals surface area (Å²) in [6.45, 7) is 17.3. The van der Waals surface area contributed by atoms with Gasteiger partial charge >= 0.3 is 6.09 Å². The van der Waals surface area contributed by atoms with Gasteiger partial charge in [0.2, 0.25) is 0 Å². The van der Waals surface area contributed by atoms with Gasteiger partial charge in [-0.15, -0.1) is 0 Å². The van der Waals surface area contributed by atoms with Crippen molar-refractivity contribution >= 4 is 6.09 Å². The summed E-state index contributed by atoms with van der Waals surface area (Å²) in [4.78, 5) is 14.0. The molecule has 1 amide bonds. The van der Waals surface area contributed by atoms with E-state index in [0.29, 0.717) is 12.0 Å². The zero-order chi connectivity index (χ0) is 16.3. The molecule has 0 radical (unpaired) electrons. The lowest BCUT2D eigenvalue weighted by molar-refractivity contribution is 0.0163. The molecule has 2 unspecified atom stereocenters. The van der Waals surface area contributed by atoms with Crippen LogP contribution in [0.2, 0.25) is 0 Å². The van der Waals surface area contributed by atoms with Gasteiger partial charge in [0.15, 0.2) is 0 Å². The fraction of sp³-hybridized carbons (Fsp3) is 0.941. The molecule has 1 aliphatic rings. The second kappa shape index (κ2) is 6.99. The summed E-state index contributed by atoms with van der Waals surface area (Å²) >= 11 is 0. The number of amides is 1. The Morgan fingerprint density at radius 3 is 2.43 bits per heavy atom. The summed E-state index contributed by atoms with van der Waals surface area (Å²) in [5.74, 6) is 0.524. The lowest BCUT2D eigenvalue weighted by atomic mass is 9.87. The molecule has 124 valence electrons. The van der Waals surface area contributed by atoms with E-state index in [1.54, 1.807) is 0 Å². The Labute approximate surface area is 130 Å². The molecule has 0 spiro atoms. The highest BCUT2D eigenvalue weighted by Crippen LogP contribution is 2.21. The highest BCUT2D eigenvalue weighted by atomic mass is 16.6. The number of ether oxygens (including phenoxy) is 1. The van der Waals surface area contributed by atoms with Gasteiger partial charge in [0.05, 0.1) is 0 Å². The van der Waals surface area contributed by atoms with Crippen molar-refractivity contribution in [2.24, 2.45) is 11.3 Å². The average molecular weight is 298 g/mol. The average Bonchev–Trinajstić information content (AvgIpc) is 2.33. The topological polar surface area (TPSA) is 41.6 Å². The quantitative estimate of drug-likeness (QED) is 0.864. The number of hydrogen-bond acceptors (Lipinski definition) is 3. The van der Waals surface area contributed by atoms with Gasteiger partial charge in [0, 0.05) is 19.1 Å². The molecule has 0 saturated carbocycles. The van der Waals surface area contributed by atoms with E-state index in [9.17, 15) is 4.79 Å². The van der Waals surface area contributed by atoms with Crippen LogP contribution < -0.4 is 5.32 Å². The van der Waals surface area contributed by atoms with Gasteiger partial charge in [0.1, 0.15) is 5.60 Å². The summed E-state index contributed by atoms with van der Waals surface area (Å²) in [5.41, 5.74) is -0.150. The molecular formula is C17H34N2O2. The zero-order valence-corrected chi connectivity index (χ0v) is 15.0. The Hall–Kier alpha value is -0.770. The number of likely N-dealkylation sites (tertiary alicyclic amines) is 1. The Morgan fingerprint density at radius 2 is 1.90 bits per heavy atom. The SMILES string of the molecule is CC(NCC1CCCN(C(=O)OC(C)(C)C)C1)C(C)(C)C. The predicted octanol–water partition coefficient (Wildman–Crippen LogP) is 3.66. The van der Waals surface area contributed by atoms with Crippen LogP contribution >= 0.6 is 0 Å². The monoisotopic (exact) mass is 298 g/mol. The lowest BCUT2D eigenvalue weighted by Gasteiger charge is -2.36. The highest BCUT2D eigenvalue weighted by Gasteiger charge is 2.28. The minimum Gasteiger partial charge on any atom is -0.444 e. The number of nitrogens with zero attached hydrogens (tertiary/aromatic N) is 1. The highest BCUT2D eigenvalue weighted by molar-refractivity contribution is 5.68. The fourth-order valence-corrected chi connectivity index (χ4v) is 2.37. The van der Waals surface area contributed by atoms with E-state index < -0.39 is 5.60 Å². The van der Waals surface area contributed by atoms with E-state index in [1.807, 2.05) is 25.7 Å². The molecule has 4 nitrogen and oxygen atoms in total. The van der Waals surface area contributed by atoms with Gasteiger partial charge in [0.25, 0.3) is 0 Å². The molecule has 0 aliphatic carbocycles. The van der Waals surface area contributed by atoms with Crippen LogP contribution in [0.5, 0.6) is 0 Å². The van der Waals surface area contributed by atoms with Gasteiger partial charge in [-0.25, -0.2) is 4.79 Å². The van der Waals surface area contributed by atoms with E-state index in [2.05, 4.69) is 33.0 Å². The third-order valence-corrected chi connectivity index (χ3v) is 4.18. The van der Waals surface area contributed by atoms with E-state index in [1.165, 1.54) is 6.42 Å². The molecule has 1 heterocycles. The standard InChI is InChI=1S/C17H34N2O2/c1-13(16(2,3)4)18-11-14-9-8-10-19(12-14)15(20)21-17(5,6)7/h13-14,18H,8-12H2,1-7H3. The van der Waals surface area contributed by atoms with E-state index in [4.69, 9.17) is 4.74 Å². The molecule has 1 N–H and O–H groups in total. The van der Waals surface area contributed by atoms with Gasteiger partial charge < -0.3 is 15.0 Å². The summed E-state index contributed by atoms with van der Waals surface area (Å²) in [6.07, 6.45) is 2.08. The first-order chi connectivity index (χ1) is 9.49. The molecule has 1 saturated heterocycles. The Bertz CT molecular complexity index is 342. The van der Waals surface area contributed by atoms with Crippen LogP contribution in [-0.2, 0) is 4.74 Å². The van der Waals surface area contributed by atoms with Gasteiger partial charge in [-0.2, -0.15) is 0 Å². The number of carbonyl (C=O) groups excluding carboxylic acids is 1. The Balaban J connectivity index is 2.44. The minimum absolute atomic E-state index is 0.170. The number of hydrogen-bond donors (Lipinski definition) is 1. The van der Waals surface area contributed by atoms with E-state index in [0.717, 1.165) is 26.1 Å². The zero-order valence-electron chi connectivity index (χ0n) is 15.0. The smallest absolute Gasteiger partial charge is 0.410 e. The van der Waals surface area contributed by atoms with Crippen molar-refractivity contribution in [1.82, 2.24) is 10.2 Å². The second-order valence-electron chi connectivity index (χ2n) is 8.43. The number of piperidine rings is 1. The molecule has 1 fully saturated rings. The molecule has 1 rings (SSSR count). The molecule has 21 heavy (non-hydrogen) atoms. The van der Waals surface area contributed by atoms with E-state index >= 15 is 0 Å². The number of rotatable bonds is 3. The van der Waals surface area contributed by atoms with Crippen LogP contribution in [0.15, 0.2) is 0 Å². The molecule has 0 aromatic rings. The first-order valence-corrected chi connectivity index (χ1v) is 8.20. The molecular weight excluding hydrogens is 264 g/mol. The second-order valence-corrected chi connectivity index (χ2v) is 8.43. The summed E-state index contributed by atoms with van der Waals surface area (Å²) in [6, 6.07) is 0.467. The maximum absolute atomic E-state index is 12.1. The number of nitrogens with one attached hydrogen (secondary N) is 1. The summed E-state index contributed by atoms with van der Waals surface area (Å²) < 4.78 is 5.47. The maximum Gasteiger partial charge on any atom is 0.410 e. The fourth-order valence-electron chi connectivity index (χ4n) is 2.37. The third-order valence-electron chi connectivity index (χ3n) is 4.18. The lowest BCUT2D eigenvalue weighted by Crippen LogP contribution is -2.47. The van der Waals surface area contributed by atoms with Crippen LogP contribution in [0.4, 0.5) is 4.79 Å². The van der Waals surface area contributed by atoms with Gasteiger partial charge in [-0.05, 0) is 58.4 Å². The minimum atomic E-state index is -0.414. The van der Waals surface area contributed by atoms with Crippen LogP contribution in [0.1, 0.15) is 61.3 Å². The van der Waals surface area contributed by atoms with Crippen molar-refractivity contribution in [2.75, 3.05) is 19.6 Å². The normalized spacial score (nSPS) is 22.0. The Kier molecular flexibility index (Phi) is 6.09. The van der Waals surface area contributed by atoms with Gasteiger partial charge in [-0.1, -0.05) is 20.8 Å². The first-order valence-electron chi connectivity index (χ1n) is 8.20. The largest absolute Gasteiger partial charge is 0.444 e. The molecule has 0 aromatic carbocycles. The van der Waals surface area contributed by atoms with Crippen molar-refractivity contribution < 1.29 is 9.53 Å². The molecule has 2 atom stereocenters. The van der Waals surface area contributed by atoms with Crippen molar-refractivity contribution in [3.05, 3.63) is 0 Å². The van der Waals surface area contributed by atoms with Crippen LogP contribution in [0, 0.1) is 11.3 Å². The molecule has 0 bridgehead atoms. The summed E-state index contributed by atoms with van der Waals surface area (Å²) in [5, 5.41) is 3.62. The predicted molar refractivity (Wildman–Crippen MR) is 87.5 cm³/mol. The van der Waals surface area contributed by atoms with Crippen molar-refractivity contribution in [3.63, 3.8) is 0 Å². The molecule has 0 aromatic heterocycles. The molecule has 4 heteroatoms. The first kappa shape index (κ1) is 18.3. The Morgan fingerprint density at radius 1 is 1.29 bits per heavy atom. The number of carbonyl (C=O) groups is 1.